The van der Waals surface area contributed by atoms with Crippen molar-refractivity contribution in [2.75, 3.05) is 0 Å². The van der Waals surface area contributed by atoms with Gasteiger partial charge in [-0.1, -0.05) is 11.6 Å². The number of hydrogen-bond donors (Lipinski definition) is 0. The van der Waals surface area contributed by atoms with E-state index in [9.17, 15) is 190 Å². The molecule has 0 amide bonds. The number of rotatable bonds is 1. The highest BCUT2D eigenvalue weighted by molar-refractivity contribution is 14.1. The summed E-state index contributed by atoms with van der Waals surface area (Å²) in [6, 6.07) is 1.04. The molecule has 0 aliphatic rings. The molecule has 0 saturated heterocycles. The first-order chi connectivity index (χ1) is 48.8. The number of hydrogen-bond acceptors (Lipinski definition) is 3. The summed E-state index contributed by atoms with van der Waals surface area (Å²) in [5, 5.41) is 17.1. The Morgan fingerprint density at radius 1 is 0.296 bits per heavy atom. The van der Waals surface area contributed by atoms with Gasteiger partial charge in [0.2, 0.25) is 17.5 Å². The van der Waals surface area contributed by atoms with E-state index in [1.165, 1.54) is 22.6 Å². The normalized spacial score (nSPS) is 11.0. The van der Waals surface area contributed by atoms with Crippen LogP contribution in [0.25, 0.3) is 0 Å². The first-order valence-electron chi connectivity index (χ1n) is 26.1. The molecule has 594 valence electrons. The van der Waals surface area contributed by atoms with Gasteiger partial charge >= 0.3 is 24.2 Å². The molecule has 4 nitrogen and oxygen atoms in total. The number of nitro benzene ring substituents is 1. The molecule has 0 aliphatic heterocycles. The maximum absolute atomic E-state index is 13.0. The summed E-state index contributed by atoms with van der Waals surface area (Å²) in [7, 11) is 0. The summed E-state index contributed by atoms with van der Waals surface area (Å²) in [6.07, 6.45) is -16.9. The molecule has 108 heavy (non-hydrogen) atoms. The average Bonchev–Trinajstić information content (AvgIpc) is 0.754. The predicted molar refractivity (Wildman–Crippen MR) is 300 cm³/mol. The van der Waals surface area contributed by atoms with Crippen molar-refractivity contribution in [2.45, 2.75) is 73.9 Å². The zero-order chi connectivity index (χ0) is 85.5. The summed E-state index contributed by atoms with van der Waals surface area (Å²) >= 11 is 8.52. The van der Waals surface area contributed by atoms with Crippen molar-refractivity contribution >= 4 is 55.8 Å². The number of nitro groups is 1. The minimum Gasteiger partial charge on any atom is -0.258 e. The second-order valence-corrected chi connectivity index (χ2v) is 21.9. The van der Waals surface area contributed by atoms with Crippen LogP contribution in [0.5, 0.6) is 0 Å². The maximum atomic E-state index is 13.0. The lowest BCUT2D eigenvalue weighted by atomic mass is 10.0. The van der Waals surface area contributed by atoms with Gasteiger partial charge in [-0.3, -0.25) is 10.1 Å². The van der Waals surface area contributed by atoms with Gasteiger partial charge in [0.15, 0.2) is 157 Å². The molecule has 8 aromatic carbocycles. The van der Waals surface area contributed by atoms with Gasteiger partial charge in [0.05, 0.1) is 13.0 Å². The molecule has 0 bridgehead atoms. The highest BCUT2D eigenvalue weighted by Crippen LogP contribution is 2.43. The molecule has 8 aromatic rings. The van der Waals surface area contributed by atoms with E-state index in [1.807, 2.05) is 0 Å². The molecule has 0 unspecified atom stereocenters. The first-order valence-corrected chi connectivity index (χ1v) is 28.4. The minimum absolute atomic E-state index is 0.356. The van der Waals surface area contributed by atoms with Crippen molar-refractivity contribution in [3.8, 4) is 6.07 Å². The Kier molecular flexibility index (Phi) is 33.9. The second-order valence-electron chi connectivity index (χ2n) is 19.7. The van der Waals surface area contributed by atoms with Gasteiger partial charge in [-0.05, 0) is 93.9 Å². The van der Waals surface area contributed by atoms with Crippen LogP contribution in [0, 0.1) is 267 Å². The van der Waals surface area contributed by atoms with E-state index in [2.05, 4.69) is 15.9 Å². The lowest BCUT2D eigenvalue weighted by Crippen LogP contribution is -2.21. The summed E-state index contributed by atoms with van der Waals surface area (Å²) < 4.78 is 512. The van der Waals surface area contributed by atoms with E-state index < -0.39 is 295 Å². The minimum atomic E-state index is -5.70. The van der Waals surface area contributed by atoms with E-state index in [1.54, 1.807) is 0 Å². The van der Waals surface area contributed by atoms with Gasteiger partial charge in [-0.2, -0.15) is 53.6 Å². The fourth-order valence-electron chi connectivity index (χ4n) is 6.87. The van der Waals surface area contributed by atoms with E-state index in [0.717, 1.165) is 47.6 Å². The van der Waals surface area contributed by atoms with Crippen molar-refractivity contribution < 1.29 is 185 Å². The third-order valence-corrected chi connectivity index (χ3v) is 14.8. The molecule has 0 N–H and O–H groups in total. The topological polar surface area (TPSA) is 66.9 Å². The molecule has 0 fully saturated rings. The summed E-state index contributed by atoms with van der Waals surface area (Å²) in [5.41, 5.74) is -18.4. The molecular weight excluding hydrogens is 1800 g/mol. The maximum Gasteiger partial charge on any atom is 0.422 e. The average molecular weight is 1830 g/mol. The van der Waals surface area contributed by atoms with Gasteiger partial charge in [-0.15, -0.1) is 0 Å². The SMILES string of the molecule is Cc1c(F)c(C(F)(F)F)c(F)c(C(F)(F)F)c1F.Cc1c(F)c(F)c(Br)c(F)c1F.Cc1c(F)c(F)c(C#N)c(F)c1F.Cc1c(F)c(F)c(C(F)(F)F)c(F)c1F.Cc1c(F)c(F)c(Cl)c(F)c1F.Cc1c(F)c(F)c(F)c(F)c1F.Cc1c(F)c(F)c(I)c(F)c1F.Cc1c(F)c(F)c([N+](=O)[O-])c(F)c1F. The first kappa shape index (κ1) is 97.3. The van der Waals surface area contributed by atoms with Crippen molar-refractivity contribution in [3.05, 3.63) is 276 Å². The highest BCUT2D eigenvalue weighted by atomic mass is 127. The number of halogens is 44. The Labute approximate surface area is 600 Å². The molecule has 0 saturated carbocycles. The molecule has 0 heterocycles. The van der Waals surface area contributed by atoms with E-state index >= 15 is 0 Å². The van der Waals surface area contributed by atoms with Crippen molar-refractivity contribution in [1.29, 1.82) is 5.26 Å². The Bertz CT molecular complexity index is 4040. The highest BCUT2D eigenvalue weighted by Gasteiger charge is 2.48. The van der Waals surface area contributed by atoms with E-state index in [0.29, 0.717) is 13.8 Å². The molecule has 0 aromatic heterocycles. The van der Waals surface area contributed by atoms with Crippen LogP contribution in [0.2, 0.25) is 5.02 Å². The van der Waals surface area contributed by atoms with Crippen LogP contribution in [-0.2, 0) is 18.5 Å². The zero-order valence-corrected chi connectivity index (χ0v) is 56.8. The molecule has 0 radical (unpaired) electrons. The lowest BCUT2D eigenvalue weighted by Gasteiger charge is -2.17. The summed E-state index contributed by atoms with van der Waals surface area (Å²) in [4.78, 5) is 8.53. The van der Waals surface area contributed by atoms with Crippen LogP contribution in [0.15, 0.2) is 4.47 Å². The summed E-state index contributed by atoms with van der Waals surface area (Å²) in [6.45, 7) is 6.34. The predicted octanol–water partition coefficient (Wildman–Crippen LogP) is 25.3. The lowest BCUT2D eigenvalue weighted by molar-refractivity contribution is -0.390. The van der Waals surface area contributed by atoms with Crippen LogP contribution in [0.4, 0.5) is 186 Å². The van der Waals surface area contributed by atoms with Gasteiger partial charge in [-0.25, -0.2) is 132 Å². The largest absolute Gasteiger partial charge is 0.422 e. The molecule has 0 aliphatic carbocycles. The van der Waals surface area contributed by atoms with Crippen molar-refractivity contribution in [1.82, 2.24) is 0 Å². The number of nitriles is 1. The smallest absolute Gasteiger partial charge is 0.258 e. The van der Waals surface area contributed by atoms with Crippen LogP contribution in [0.1, 0.15) is 66.8 Å². The third kappa shape index (κ3) is 21.0. The fraction of sp³-hybridized carbons (Fsp3) is 0.183. The fourth-order valence-corrected chi connectivity index (χ4v) is 7.85. The van der Waals surface area contributed by atoms with E-state index in [4.69, 9.17) is 16.9 Å². The Morgan fingerprint density at radius 2 is 0.481 bits per heavy atom. The second kappa shape index (κ2) is 37.6. The van der Waals surface area contributed by atoms with Crippen LogP contribution < -0.4 is 0 Å². The van der Waals surface area contributed by atoms with Crippen LogP contribution in [-0.4, -0.2) is 4.92 Å². The van der Waals surface area contributed by atoms with Crippen molar-refractivity contribution in [2.24, 2.45) is 0 Å². The Balaban J connectivity index is 0.000000619. The molecule has 0 spiro atoms. The molecule has 0 atom stereocenters. The monoisotopic (exact) mass is 1820 g/mol. The van der Waals surface area contributed by atoms with Crippen molar-refractivity contribution in [3.63, 3.8) is 0 Å². The van der Waals surface area contributed by atoms with Gasteiger partial charge in [0.25, 0.3) is 0 Å². The standard InChI is InChI=1S/C9H3F9.C8H3F7.C8H3F4N.C7H3BrF4.C7H3ClF4.C7H3F5.C7H3F4I.C7H3F4NO2/c1-2-5(10)3(8(13,14)15)7(12)4(6(2)11)9(16,17)18;1-2-4(9)6(11)3(8(13,14)15)7(12)5(2)10;1-3-5(9)7(11)4(2-13)8(12)6(3)10;2*1-2-4(9)6(11)3(8)7(12)5(2)10;2*1-2-3(8)5(10)7(12)6(11)4(2)9;1-2-3(8)5(10)7(12(13)14)6(11)4(2)9/h1H3;1H3;1H3;4*1H3;1H3. The molecule has 48 heteroatoms. The Hall–Kier alpha value is -8.72. The third-order valence-electron chi connectivity index (χ3n) is 12.8. The quantitative estimate of drug-likeness (QED) is 0.0411. The van der Waals surface area contributed by atoms with Crippen LogP contribution >= 0.6 is 50.1 Å². The molecule has 8 rings (SSSR count). The Morgan fingerprint density at radius 3 is 0.722 bits per heavy atom. The van der Waals surface area contributed by atoms with Crippen LogP contribution in [0.3, 0.4) is 0 Å². The van der Waals surface area contributed by atoms with E-state index in [-0.39, 0.29) is 0 Å². The summed E-state index contributed by atoms with van der Waals surface area (Å²) in [5.74, 6) is -57.1. The van der Waals surface area contributed by atoms with Gasteiger partial charge < -0.3 is 0 Å². The number of nitrogens with zero attached hydrogens (tertiary/aromatic N) is 2. The van der Waals surface area contributed by atoms with Gasteiger partial charge in [0.1, 0.15) is 45.0 Å². The number of alkyl halides is 9. The van der Waals surface area contributed by atoms with Gasteiger partial charge in [0, 0.05) is 44.5 Å². The molecular formula is C60H24BrClF41IN2O2. The zero-order valence-electron chi connectivity index (χ0n) is 52.3. The number of benzene rings is 8.